The molecule has 0 spiro atoms. The van der Waals surface area contributed by atoms with Crippen molar-refractivity contribution in [3.8, 4) is 5.75 Å². The number of aryl methyl sites for hydroxylation is 3. The summed E-state index contributed by atoms with van der Waals surface area (Å²) in [6.45, 7) is 4.46. The number of hydrogen-bond donors (Lipinski definition) is 1. The van der Waals surface area contributed by atoms with Crippen molar-refractivity contribution in [1.29, 1.82) is 0 Å². The number of hydrogen-bond acceptors (Lipinski definition) is 4. The van der Waals surface area contributed by atoms with E-state index in [1.165, 1.54) is 11.3 Å². The maximum Gasteiger partial charge on any atom is 0.303 e. The van der Waals surface area contributed by atoms with E-state index in [1.807, 2.05) is 26.0 Å². The van der Waals surface area contributed by atoms with Crippen molar-refractivity contribution in [2.24, 2.45) is 0 Å². The number of benzene rings is 1. The highest BCUT2D eigenvalue weighted by atomic mass is 32.1. The van der Waals surface area contributed by atoms with E-state index in [4.69, 9.17) is 9.84 Å². The van der Waals surface area contributed by atoms with Gasteiger partial charge in [0.15, 0.2) is 0 Å². The summed E-state index contributed by atoms with van der Waals surface area (Å²) < 4.78 is 5.77. The molecule has 0 atom stereocenters. The summed E-state index contributed by atoms with van der Waals surface area (Å²) in [6, 6.07) is 6.09. The normalized spacial score (nSPS) is 10.5. The minimum atomic E-state index is -0.786. The first-order valence-corrected chi connectivity index (χ1v) is 7.21. The summed E-state index contributed by atoms with van der Waals surface area (Å²) >= 11 is 1.50. The third-order valence-electron chi connectivity index (χ3n) is 2.88. The number of carbonyl (C=O) groups is 1. The Labute approximate surface area is 122 Å². The number of carboxylic acid groups (broad SMARTS) is 1. The summed E-state index contributed by atoms with van der Waals surface area (Å²) in [5.74, 6) is 0.0823. The molecule has 4 nitrogen and oxygen atoms in total. The molecule has 0 unspecified atom stereocenters. The van der Waals surface area contributed by atoms with Crippen LogP contribution in [-0.4, -0.2) is 16.1 Å². The molecule has 1 aromatic carbocycles. The predicted molar refractivity (Wildman–Crippen MR) is 78.3 cm³/mol. The van der Waals surface area contributed by atoms with Gasteiger partial charge in [-0.05, 0) is 37.5 Å². The van der Waals surface area contributed by atoms with Gasteiger partial charge >= 0.3 is 5.97 Å². The number of nitrogens with zero attached hydrogens (tertiary/aromatic N) is 1. The number of carboxylic acids is 1. The molecule has 0 aliphatic heterocycles. The molecule has 0 amide bonds. The first-order chi connectivity index (χ1) is 9.54. The summed E-state index contributed by atoms with van der Waals surface area (Å²) in [7, 11) is 0. The molecule has 1 aromatic heterocycles. The molecule has 0 aliphatic rings. The van der Waals surface area contributed by atoms with Gasteiger partial charge < -0.3 is 9.84 Å². The van der Waals surface area contributed by atoms with Crippen LogP contribution in [0.4, 0.5) is 0 Å². The van der Waals surface area contributed by atoms with E-state index < -0.39 is 5.97 Å². The Morgan fingerprint density at radius 1 is 1.40 bits per heavy atom. The van der Waals surface area contributed by atoms with Crippen molar-refractivity contribution in [1.82, 2.24) is 4.98 Å². The monoisotopic (exact) mass is 291 g/mol. The van der Waals surface area contributed by atoms with Crippen LogP contribution in [0.3, 0.4) is 0 Å². The van der Waals surface area contributed by atoms with Gasteiger partial charge in [-0.25, -0.2) is 4.98 Å². The smallest absolute Gasteiger partial charge is 0.303 e. The van der Waals surface area contributed by atoms with Crippen molar-refractivity contribution < 1.29 is 14.6 Å². The number of aromatic nitrogens is 1. The molecule has 20 heavy (non-hydrogen) atoms. The number of ether oxygens (including phenoxy) is 1. The van der Waals surface area contributed by atoms with E-state index in [0.29, 0.717) is 13.0 Å². The van der Waals surface area contributed by atoms with Crippen molar-refractivity contribution in [3.05, 3.63) is 45.4 Å². The fourth-order valence-electron chi connectivity index (χ4n) is 1.76. The molecule has 1 heterocycles. The van der Waals surface area contributed by atoms with Gasteiger partial charge in [-0.3, -0.25) is 4.79 Å². The molecular weight excluding hydrogens is 274 g/mol. The zero-order valence-corrected chi connectivity index (χ0v) is 12.4. The van der Waals surface area contributed by atoms with Crippen molar-refractivity contribution in [2.75, 3.05) is 0 Å². The molecule has 2 rings (SSSR count). The van der Waals surface area contributed by atoms with Crippen LogP contribution in [0.15, 0.2) is 24.4 Å². The Hall–Kier alpha value is -1.88. The molecule has 0 saturated carbocycles. The van der Waals surface area contributed by atoms with E-state index in [2.05, 4.69) is 11.1 Å². The molecule has 0 radical (unpaired) electrons. The minimum absolute atomic E-state index is 0.138. The molecule has 2 aromatic rings. The van der Waals surface area contributed by atoms with Gasteiger partial charge in [0.2, 0.25) is 0 Å². The SMILES string of the molecule is Cc1ccc(C)c(OCc2ncc(CCC(=O)O)s2)c1. The fraction of sp³-hybridized carbons (Fsp3) is 0.333. The van der Waals surface area contributed by atoms with Crippen LogP contribution in [0.25, 0.3) is 0 Å². The lowest BCUT2D eigenvalue weighted by Gasteiger charge is -2.08. The molecule has 0 fully saturated rings. The van der Waals surface area contributed by atoms with Gasteiger partial charge in [0.1, 0.15) is 17.4 Å². The Balaban J connectivity index is 1.94. The fourth-order valence-corrected chi connectivity index (χ4v) is 2.60. The zero-order chi connectivity index (χ0) is 14.5. The summed E-state index contributed by atoms with van der Waals surface area (Å²) in [5.41, 5.74) is 2.25. The highest BCUT2D eigenvalue weighted by molar-refractivity contribution is 7.11. The molecule has 1 N–H and O–H groups in total. The van der Waals surface area contributed by atoms with Crippen LogP contribution >= 0.6 is 11.3 Å². The maximum absolute atomic E-state index is 10.5. The summed E-state index contributed by atoms with van der Waals surface area (Å²) in [6.07, 6.45) is 2.39. The Morgan fingerprint density at radius 2 is 2.20 bits per heavy atom. The second-order valence-electron chi connectivity index (χ2n) is 4.67. The quantitative estimate of drug-likeness (QED) is 0.886. The van der Waals surface area contributed by atoms with Crippen LogP contribution in [0.2, 0.25) is 0 Å². The first-order valence-electron chi connectivity index (χ1n) is 6.40. The second-order valence-corrected chi connectivity index (χ2v) is 5.87. The molecule has 106 valence electrons. The lowest BCUT2D eigenvalue weighted by Crippen LogP contribution is -1.96. The van der Waals surface area contributed by atoms with Gasteiger partial charge in [-0.15, -0.1) is 11.3 Å². The van der Waals surface area contributed by atoms with Gasteiger partial charge in [0.25, 0.3) is 0 Å². The lowest BCUT2D eigenvalue weighted by molar-refractivity contribution is -0.136. The second kappa shape index (κ2) is 6.52. The maximum atomic E-state index is 10.5. The van der Waals surface area contributed by atoms with Crippen LogP contribution in [-0.2, 0) is 17.8 Å². The first kappa shape index (κ1) is 14.5. The van der Waals surface area contributed by atoms with E-state index in [1.54, 1.807) is 6.20 Å². The van der Waals surface area contributed by atoms with E-state index in [0.717, 1.165) is 26.8 Å². The predicted octanol–water partition coefficient (Wildman–Crippen LogP) is 3.36. The van der Waals surface area contributed by atoms with E-state index in [-0.39, 0.29) is 6.42 Å². The van der Waals surface area contributed by atoms with Crippen LogP contribution in [0, 0.1) is 13.8 Å². The third-order valence-corrected chi connectivity index (χ3v) is 3.91. The van der Waals surface area contributed by atoms with Crippen molar-refractivity contribution >= 4 is 17.3 Å². The Kier molecular flexibility index (Phi) is 4.74. The van der Waals surface area contributed by atoms with Gasteiger partial charge in [-0.1, -0.05) is 12.1 Å². The number of rotatable bonds is 6. The number of aliphatic carboxylic acids is 1. The average molecular weight is 291 g/mol. The topological polar surface area (TPSA) is 59.4 Å². The lowest BCUT2D eigenvalue weighted by atomic mass is 10.1. The van der Waals surface area contributed by atoms with Gasteiger partial charge in [-0.2, -0.15) is 0 Å². The number of thiazole rings is 1. The van der Waals surface area contributed by atoms with Gasteiger partial charge in [0, 0.05) is 11.1 Å². The minimum Gasteiger partial charge on any atom is -0.486 e. The average Bonchev–Trinajstić information content (AvgIpc) is 2.85. The molecule has 0 aliphatic carbocycles. The van der Waals surface area contributed by atoms with Gasteiger partial charge in [0.05, 0.1) is 6.42 Å². The molecule has 0 saturated heterocycles. The summed E-state index contributed by atoms with van der Waals surface area (Å²) in [4.78, 5) is 15.8. The highest BCUT2D eigenvalue weighted by Crippen LogP contribution is 2.22. The van der Waals surface area contributed by atoms with Crippen LogP contribution in [0.1, 0.15) is 27.4 Å². The van der Waals surface area contributed by atoms with Crippen molar-refractivity contribution in [2.45, 2.75) is 33.3 Å². The third kappa shape index (κ3) is 4.06. The molecular formula is C15H17NO3S. The molecule has 5 heteroatoms. The largest absolute Gasteiger partial charge is 0.486 e. The van der Waals surface area contributed by atoms with E-state index in [9.17, 15) is 4.79 Å². The highest BCUT2D eigenvalue weighted by Gasteiger charge is 2.06. The standard InChI is InChI=1S/C15H17NO3S/c1-10-3-4-11(2)13(7-10)19-9-14-16-8-12(20-14)5-6-15(17)18/h3-4,7-8H,5-6,9H2,1-2H3,(H,17,18). The Bertz CT molecular complexity index is 607. The van der Waals surface area contributed by atoms with Crippen LogP contribution < -0.4 is 4.74 Å². The van der Waals surface area contributed by atoms with Crippen molar-refractivity contribution in [3.63, 3.8) is 0 Å². The zero-order valence-electron chi connectivity index (χ0n) is 11.5. The van der Waals surface area contributed by atoms with E-state index >= 15 is 0 Å². The molecule has 0 bridgehead atoms. The van der Waals surface area contributed by atoms with Crippen LogP contribution in [0.5, 0.6) is 5.75 Å². The Morgan fingerprint density at radius 3 is 2.95 bits per heavy atom. The summed E-state index contributed by atoms with van der Waals surface area (Å²) in [5, 5.41) is 9.52.